The van der Waals surface area contributed by atoms with Gasteiger partial charge in [-0.25, -0.2) is 4.98 Å². The summed E-state index contributed by atoms with van der Waals surface area (Å²) in [5.41, 5.74) is 0.561. The molecule has 1 aromatic carbocycles. The topological polar surface area (TPSA) is 61.0 Å². The largest absolute Gasteiger partial charge is 0.314 e. The van der Waals surface area contributed by atoms with Crippen molar-refractivity contribution in [1.82, 2.24) is 20.2 Å². The fourth-order valence-corrected chi connectivity index (χ4v) is 2.72. The zero-order valence-electron chi connectivity index (χ0n) is 11.3. The van der Waals surface area contributed by atoms with E-state index in [2.05, 4.69) is 27.1 Å². The highest BCUT2D eigenvalue weighted by molar-refractivity contribution is 6.31. The molecule has 2 N–H and O–H groups in total. The maximum absolute atomic E-state index is 12.1. The Labute approximate surface area is 122 Å². The van der Waals surface area contributed by atoms with E-state index in [-0.39, 0.29) is 5.56 Å². The molecule has 1 fully saturated rings. The lowest BCUT2D eigenvalue weighted by atomic mass is 10.2. The maximum Gasteiger partial charge on any atom is 0.258 e. The van der Waals surface area contributed by atoms with Crippen molar-refractivity contribution in [1.29, 1.82) is 0 Å². The summed E-state index contributed by atoms with van der Waals surface area (Å²) in [7, 11) is 0. The molecule has 6 heteroatoms. The van der Waals surface area contributed by atoms with Gasteiger partial charge in [-0.15, -0.1) is 0 Å². The number of fused-ring (bicyclic) bond motifs is 1. The zero-order valence-corrected chi connectivity index (χ0v) is 12.1. The smallest absolute Gasteiger partial charge is 0.258 e. The number of nitrogens with zero attached hydrogens (tertiary/aromatic N) is 2. The van der Waals surface area contributed by atoms with Gasteiger partial charge in [0.2, 0.25) is 0 Å². The van der Waals surface area contributed by atoms with Gasteiger partial charge in [0, 0.05) is 30.7 Å². The van der Waals surface area contributed by atoms with Crippen molar-refractivity contribution in [3.63, 3.8) is 0 Å². The molecule has 2 aromatic rings. The SMILES string of the molecule is C[C@@H]1CNCCN1Cc1nc2ccc(Cl)cc2c(=O)[nH]1. The van der Waals surface area contributed by atoms with E-state index in [1.807, 2.05) is 0 Å². The fourth-order valence-electron chi connectivity index (χ4n) is 2.54. The first-order chi connectivity index (χ1) is 9.63. The third kappa shape index (κ3) is 2.70. The molecule has 5 nitrogen and oxygen atoms in total. The summed E-state index contributed by atoms with van der Waals surface area (Å²) in [5, 5.41) is 4.43. The number of aromatic amines is 1. The van der Waals surface area contributed by atoms with Gasteiger partial charge in [0.05, 0.1) is 17.4 Å². The van der Waals surface area contributed by atoms with Gasteiger partial charge in [-0.2, -0.15) is 0 Å². The molecule has 1 aromatic heterocycles. The second-order valence-corrected chi connectivity index (χ2v) is 5.63. The van der Waals surface area contributed by atoms with Gasteiger partial charge in [0.15, 0.2) is 0 Å². The van der Waals surface area contributed by atoms with Gasteiger partial charge >= 0.3 is 0 Å². The lowest BCUT2D eigenvalue weighted by molar-refractivity contribution is 0.162. The molecule has 106 valence electrons. The molecule has 0 bridgehead atoms. The van der Waals surface area contributed by atoms with E-state index >= 15 is 0 Å². The van der Waals surface area contributed by atoms with Crippen molar-refractivity contribution in [3.05, 3.63) is 39.4 Å². The number of halogens is 1. The third-order valence-electron chi connectivity index (χ3n) is 3.71. The number of aromatic nitrogens is 2. The number of rotatable bonds is 2. The lowest BCUT2D eigenvalue weighted by Crippen LogP contribution is -2.49. The van der Waals surface area contributed by atoms with Crippen molar-refractivity contribution < 1.29 is 0 Å². The van der Waals surface area contributed by atoms with E-state index in [4.69, 9.17) is 11.6 Å². The van der Waals surface area contributed by atoms with E-state index in [0.29, 0.717) is 34.3 Å². The predicted octanol–water partition coefficient (Wildman–Crippen LogP) is 1.37. The first kappa shape index (κ1) is 13.5. The number of hydrogen-bond acceptors (Lipinski definition) is 4. The van der Waals surface area contributed by atoms with Gasteiger partial charge in [-0.05, 0) is 25.1 Å². The molecule has 1 aliphatic heterocycles. The number of hydrogen-bond donors (Lipinski definition) is 2. The highest BCUT2D eigenvalue weighted by atomic mass is 35.5. The van der Waals surface area contributed by atoms with Gasteiger partial charge in [0.1, 0.15) is 5.82 Å². The van der Waals surface area contributed by atoms with Crippen LogP contribution < -0.4 is 10.9 Å². The number of nitrogens with one attached hydrogen (secondary N) is 2. The molecule has 0 amide bonds. The van der Waals surface area contributed by atoms with Crippen LogP contribution in [0.5, 0.6) is 0 Å². The van der Waals surface area contributed by atoms with E-state index < -0.39 is 0 Å². The van der Waals surface area contributed by atoms with Gasteiger partial charge in [0.25, 0.3) is 5.56 Å². The summed E-state index contributed by atoms with van der Waals surface area (Å²) in [4.78, 5) is 21.8. The van der Waals surface area contributed by atoms with Gasteiger partial charge in [-0.1, -0.05) is 11.6 Å². The highest BCUT2D eigenvalue weighted by Crippen LogP contribution is 2.15. The molecule has 0 aliphatic carbocycles. The predicted molar refractivity (Wildman–Crippen MR) is 80.1 cm³/mol. The molecule has 0 unspecified atom stereocenters. The quantitative estimate of drug-likeness (QED) is 0.878. The van der Waals surface area contributed by atoms with Crippen molar-refractivity contribution >= 4 is 22.5 Å². The standard InChI is InChI=1S/C14H17ClN4O/c1-9-7-16-4-5-19(9)8-13-17-12-3-2-10(15)6-11(12)14(20)18-13/h2-3,6,9,16H,4-5,7-8H2,1H3,(H,17,18,20)/t9-/m1/s1. The Balaban J connectivity index is 1.92. The molecule has 0 spiro atoms. The van der Waals surface area contributed by atoms with Crippen LogP contribution in [0.25, 0.3) is 10.9 Å². The Hall–Kier alpha value is -1.43. The molecule has 0 saturated carbocycles. The molecule has 1 aliphatic rings. The molecule has 1 atom stereocenters. The minimum Gasteiger partial charge on any atom is -0.314 e. The Bertz CT molecular complexity index is 684. The molecule has 3 rings (SSSR count). The first-order valence-corrected chi connectivity index (χ1v) is 7.14. The van der Waals surface area contributed by atoms with Crippen LogP contribution in [-0.2, 0) is 6.54 Å². The number of piperazine rings is 1. The van der Waals surface area contributed by atoms with Crippen LogP contribution in [0.4, 0.5) is 0 Å². The minimum atomic E-state index is -0.129. The van der Waals surface area contributed by atoms with E-state index in [9.17, 15) is 4.79 Å². The van der Waals surface area contributed by atoms with Crippen LogP contribution in [0, 0.1) is 0 Å². The summed E-state index contributed by atoms with van der Waals surface area (Å²) in [6.45, 7) is 5.73. The first-order valence-electron chi connectivity index (χ1n) is 6.77. The average Bonchev–Trinajstić information content (AvgIpc) is 2.42. The summed E-state index contributed by atoms with van der Waals surface area (Å²) < 4.78 is 0. The summed E-state index contributed by atoms with van der Waals surface area (Å²) in [6.07, 6.45) is 0. The monoisotopic (exact) mass is 292 g/mol. The van der Waals surface area contributed by atoms with Crippen LogP contribution in [0.3, 0.4) is 0 Å². The highest BCUT2D eigenvalue weighted by Gasteiger charge is 2.19. The van der Waals surface area contributed by atoms with Crippen molar-refractivity contribution in [2.75, 3.05) is 19.6 Å². The Kier molecular flexibility index (Phi) is 3.74. The molecule has 0 radical (unpaired) electrons. The molecule has 20 heavy (non-hydrogen) atoms. The van der Waals surface area contributed by atoms with Gasteiger partial charge < -0.3 is 10.3 Å². The normalized spacial score (nSPS) is 20.4. The maximum atomic E-state index is 12.1. The minimum absolute atomic E-state index is 0.129. The number of H-pyrrole nitrogens is 1. The van der Waals surface area contributed by atoms with E-state index in [0.717, 1.165) is 19.6 Å². The summed E-state index contributed by atoms with van der Waals surface area (Å²) in [5.74, 6) is 0.707. The molecular formula is C14H17ClN4O. The zero-order chi connectivity index (χ0) is 14.1. The summed E-state index contributed by atoms with van der Waals surface area (Å²) >= 11 is 5.91. The molecular weight excluding hydrogens is 276 g/mol. The average molecular weight is 293 g/mol. The van der Waals surface area contributed by atoms with Crippen molar-refractivity contribution in [3.8, 4) is 0 Å². The van der Waals surface area contributed by atoms with E-state index in [1.165, 1.54) is 0 Å². The van der Waals surface area contributed by atoms with Crippen molar-refractivity contribution in [2.24, 2.45) is 0 Å². The second kappa shape index (κ2) is 5.52. The fraction of sp³-hybridized carbons (Fsp3) is 0.429. The molecule has 2 heterocycles. The van der Waals surface area contributed by atoms with Crippen LogP contribution in [0.15, 0.2) is 23.0 Å². The number of benzene rings is 1. The van der Waals surface area contributed by atoms with Crippen LogP contribution in [-0.4, -0.2) is 40.5 Å². The van der Waals surface area contributed by atoms with Crippen LogP contribution >= 0.6 is 11.6 Å². The Morgan fingerprint density at radius 2 is 2.35 bits per heavy atom. The van der Waals surface area contributed by atoms with E-state index in [1.54, 1.807) is 18.2 Å². The second-order valence-electron chi connectivity index (χ2n) is 5.20. The Morgan fingerprint density at radius 3 is 3.15 bits per heavy atom. The van der Waals surface area contributed by atoms with Crippen LogP contribution in [0.1, 0.15) is 12.7 Å². The Morgan fingerprint density at radius 1 is 1.50 bits per heavy atom. The third-order valence-corrected chi connectivity index (χ3v) is 3.94. The van der Waals surface area contributed by atoms with Crippen molar-refractivity contribution in [2.45, 2.75) is 19.5 Å². The van der Waals surface area contributed by atoms with Gasteiger partial charge in [-0.3, -0.25) is 9.69 Å². The van der Waals surface area contributed by atoms with Crippen LogP contribution in [0.2, 0.25) is 5.02 Å². The molecule has 1 saturated heterocycles. The summed E-state index contributed by atoms with van der Waals surface area (Å²) in [6, 6.07) is 5.64. The lowest BCUT2D eigenvalue weighted by Gasteiger charge is -2.33.